The van der Waals surface area contributed by atoms with E-state index in [2.05, 4.69) is 5.32 Å². The highest BCUT2D eigenvalue weighted by molar-refractivity contribution is 5.91. The van der Waals surface area contributed by atoms with Gasteiger partial charge in [-0.3, -0.25) is 4.79 Å². The lowest BCUT2D eigenvalue weighted by Crippen LogP contribution is -2.19. The number of carbonyl (C=O) groups is 1. The third-order valence-electron chi connectivity index (χ3n) is 2.22. The van der Waals surface area contributed by atoms with Crippen LogP contribution in [-0.2, 0) is 4.79 Å². The second-order valence-corrected chi connectivity index (χ2v) is 5.45. The summed E-state index contributed by atoms with van der Waals surface area (Å²) < 4.78 is 5.36. The Morgan fingerprint density at radius 3 is 2.32 bits per heavy atom. The number of halogens is 1. The largest absolute Gasteiger partial charge is 0.492 e. The monoisotopic (exact) mass is 286 g/mol. The molecule has 108 valence electrons. The van der Waals surface area contributed by atoms with Gasteiger partial charge in [0, 0.05) is 18.7 Å². The summed E-state index contributed by atoms with van der Waals surface area (Å²) in [7, 11) is 0. The molecule has 0 radical (unpaired) electrons. The molecule has 1 amide bonds. The maximum absolute atomic E-state index is 11.7. The third kappa shape index (κ3) is 7.70. The van der Waals surface area contributed by atoms with Crippen molar-refractivity contribution in [3.8, 4) is 5.75 Å². The predicted molar refractivity (Wildman–Crippen MR) is 80.9 cm³/mol. The van der Waals surface area contributed by atoms with Gasteiger partial charge in [0.1, 0.15) is 12.4 Å². The first kappa shape index (κ1) is 17.7. The van der Waals surface area contributed by atoms with Crippen molar-refractivity contribution in [1.82, 2.24) is 0 Å². The molecule has 19 heavy (non-hydrogen) atoms. The van der Waals surface area contributed by atoms with E-state index < -0.39 is 0 Å². The second kappa shape index (κ2) is 8.02. The molecule has 0 unspecified atom stereocenters. The zero-order valence-corrected chi connectivity index (χ0v) is 12.5. The van der Waals surface area contributed by atoms with Gasteiger partial charge in [-0.2, -0.15) is 0 Å². The van der Waals surface area contributed by atoms with Crippen LogP contribution >= 0.6 is 12.4 Å². The predicted octanol–water partition coefficient (Wildman–Crippen LogP) is 2.82. The Bertz CT molecular complexity index is 385. The molecule has 0 aliphatic rings. The molecule has 0 spiro atoms. The summed E-state index contributed by atoms with van der Waals surface area (Å²) in [6.45, 7) is 7.10. The molecule has 0 saturated carbocycles. The maximum Gasteiger partial charge on any atom is 0.224 e. The molecule has 0 bridgehead atoms. The quantitative estimate of drug-likeness (QED) is 0.875. The molecule has 0 aliphatic heterocycles. The highest BCUT2D eigenvalue weighted by atomic mass is 35.5. The van der Waals surface area contributed by atoms with Gasteiger partial charge < -0.3 is 15.8 Å². The van der Waals surface area contributed by atoms with E-state index >= 15 is 0 Å². The van der Waals surface area contributed by atoms with Crippen LogP contribution in [0, 0.1) is 5.41 Å². The van der Waals surface area contributed by atoms with E-state index in [-0.39, 0.29) is 23.7 Å². The SMILES string of the molecule is CC(C)(C)CC(=O)Nc1ccc(OCCN)cc1.Cl. The summed E-state index contributed by atoms with van der Waals surface area (Å²) in [6.07, 6.45) is 0.498. The molecule has 5 heteroatoms. The summed E-state index contributed by atoms with van der Waals surface area (Å²) in [5, 5.41) is 2.86. The van der Waals surface area contributed by atoms with Gasteiger partial charge in [0.25, 0.3) is 0 Å². The summed E-state index contributed by atoms with van der Waals surface area (Å²) in [6, 6.07) is 7.30. The number of benzene rings is 1. The first-order valence-corrected chi connectivity index (χ1v) is 6.13. The fourth-order valence-electron chi connectivity index (χ4n) is 1.50. The molecule has 3 N–H and O–H groups in total. The van der Waals surface area contributed by atoms with Gasteiger partial charge in [-0.15, -0.1) is 12.4 Å². The summed E-state index contributed by atoms with van der Waals surface area (Å²) in [5.41, 5.74) is 6.12. The molecule has 1 aromatic carbocycles. The third-order valence-corrected chi connectivity index (χ3v) is 2.22. The van der Waals surface area contributed by atoms with E-state index in [0.29, 0.717) is 19.6 Å². The van der Waals surface area contributed by atoms with Crippen LogP contribution in [0.15, 0.2) is 24.3 Å². The van der Waals surface area contributed by atoms with Gasteiger partial charge >= 0.3 is 0 Å². The van der Waals surface area contributed by atoms with Crippen molar-refractivity contribution < 1.29 is 9.53 Å². The van der Waals surface area contributed by atoms with E-state index in [1.54, 1.807) is 0 Å². The molecule has 0 fully saturated rings. The molecular weight excluding hydrogens is 264 g/mol. The van der Waals surface area contributed by atoms with Crippen molar-refractivity contribution in [3.05, 3.63) is 24.3 Å². The minimum Gasteiger partial charge on any atom is -0.492 e. The van der Waals surface area contributed by atoms with Crippen molar-refractivity contribution >= 4 is 24.0 Å². The molecule has 0 heterocycles. The maximum atomic E-state index is 11.7. The number of ether oxygens (including phenoxy) is 1. The van der Waals surface area contributed by atoms with Crippen LogP contribution in [-0.4, -0.2) is 19.1 Å². The number of hydrogen-bond acceptors (Lipinski definition) is 3. The minimum atomic E-state index is -0.00569. The fourth-order valence-corrected chi connectivity index (χ4v) is 1.50. The number of amides is 1. The Morgan fingerprint density at radius 2 is 1.84 bits per heavy atom. The molecular formula is C14H23ClN2O2. The van der Waals surface area contributed by atoms with Gasteiger partial charge in [0.15, 0.2) is 0 Å². The highest BCUT2D eigenvalue weighted by Crippen LogP contribution is 2.20. The van der Waals surface area contributed by atoms with Crippen LogP contribution in [0.3, 0.4) is 0 Å². The van der Waals surface area contributed by atoms with E-state index in [1.807, 2.05) is 45.0 Å². The number of carbonyl (C=O) groups excluding carboxylic acids is 1. The van der Waals surface area contributed by atoms with Crippen LogP contribution in [0.4, 0.5) is 5.69 Å². The van der Waals surface area contributed by atoms with E-state index in [0.717, 1.165) is 11.4 Å². The molecule has 1 rings (SSSR count). The Kier molecular flexibility index (Phi) is 7.49. The molecule has 0 saturated heterocycles. The summed E-state index contributed by atoms with van der Waals surface area (Å²) >= 11 is 0. The van der Waals surface area contributed by atoms with Crippen molar-refractivity contribution in [2.24, 2.45) is 11.1 Å². The number of anilines is 1. The Hall–Kier alpha value is -1.26. The van der Waals surface area contributed by atoms with Gasteiger partial charge in [-0.25, -0.2) is 0 Å². The number of hydrogen-bond donors (Lipinski definition) is 2. The van der Waals surface area contributed by atoms with Crippen LogP contribution < -0.4 is 15.8 Å². The molecule has 4 nitrogen and oxygen atoms in total. The van der Waals surface area contributed by atoms with Gasteiger partial charge in [0.05, 0.1) is 0 Å². The topological polar surface area (TPSA) is 64.3 Å². The number of nitrogens with one attached hydrogen (secondary N) is 1. The minimum absolute atomic E-state index is 0. The van der Waals surface area contributed by atoms with E-state index in [1.165, 1.54) is 0 Å². The van der Waals surface area contributed by atoms with Crippen molar-refractivity contribution in [2.45, 2.75) is 27.2 Å². The first-order valence-electron chi connectivity index (χ1n) is 6.13. The van der Waals surface area contributed by atoms with Crippen molar-refractivity contribution in [2.75, 3.05) is 18.5 Å². The zero-order chi connectivity index (χ0) is 13.6. The van der Waals surface area contributed by atoms with Crippen molar-refractivity contribution in [1.29, 1.82) is 0 Å². The fraction of sp³-hybridized carbons (Fsp3) is 0.500. The highest BCUT2D eigenvalue weighted by Gasteiger charge is 2.15. The van der Waals surface area contributed by atoms with Gasteiger partial charge in [-0.1, -0.05) is 20.8 Å². The Labute approximate surface area is 121 Å². The summed E-state index contributed by atoms with van der Waals surface area (Å²) in [4.78, 5) is 11.7. The van der Waals surface area contributed by atoms with E-state index in [4.69, 9.17) is 10.5 Å². The van der Waals surface area contributed by atoms with Gasteiger partial charge in [0.2, 0.25) is 5.91 Å². The van der Waals surface area contributed by atoms with Crippen LogP contribution in [0.25, 0.3) is 0 Å². The Balaban J connectivity index is 0.00000324. The first-order chi connectivity index (χ1) is 8.40. The summed E-state index contributed by atoms with van der Waals surface area (Å²) in [5.74, 6) is 0.785. The zero-order valence-electron chi connectivity index (χ0n) is 11.7. The van der Waals surface area contributed by atoms with Crippen LogP contribution in [0.1, 0.15) is 27.2 Å². The van der Waals surface area contributed by atoms with Crippen LogP contribution in [0.5, 0.6) is 5.75 Å². The smallest absolute Gasteiger partial charge is 0.224 e. The number of rotatable bonds is 5. The lowest BCUT2D eigenvalue weighted by molar-refractivity contribution is -0.117. The standard InChI is InChI=1S/C14H22N2O2.ClH/c1-14(2,3)10-13(17)16-11-4-6-12(7-5-11)18-9-8-15;/h4-7H,8-10,15H2,1-3H3,(H,16,17);1H. The lowest BCUT2D eigenvalue weighted by atomic mass is 9.92. The average molecular weight is 287 g/mol. The second-order valence-electron chi connectivity index (χ2n) is 5.45. The van der Waals surface area contributed by atoms with Crippen molar-refractivity contribution in [3.63, 3.8) is 0 Å². The number of nitrogens with two attached hydrogens (primary N) is 1. The Morgan fingerprint density at radius 1 is 1.26 bits per heavy atom. The molecule has 1 aromatic rings. The molecule has 0 atom stereocenters. The molecule has 0 aliphatic carbocycles. The molecule has 0 aromatic heterocycles. The van der Waals surface area contributed by atoms with Crippen LogP contribution in [0.2, 0.25) is 0 Å². The van der Waals surface area contributed by atoms with E-state index in [9.17, 15) is 4.79 Å². The van der Waals surface area contributed by atoms with Gasteiger partial charge in [-0.05, 0) is 29.7 Å². The normalized spacial score (nSPS) is 10.5. The lowest BCUT2D eigenvalue weighted by Gasteiger charge is -2.17. The average Bonchev–Trinajstić information content (AvgIpc) is 2.25.